The normalized spacial score (nSPS) is 14.8. The topological polar surface area (TPSA) is 49.5 Å². The van der Waals surface area contributed by atoms with Crippen molar-refractivity contribution in [2.45, 2.75) is 19.9 Å². The van der Waals surface area contributed by atoms with Crippen molar-refractivity contribution in [2.75, 3.05) is 26.2 Å². The van der Waals surface area contributed by atoms with E-state index in [2.05, 4.69) is 4.90 Å². The Bertz CT molecular complexity index is 359. The Morgan fingerprint density at radius 3 is 2.61 bits per heavy atom. The van der Waals surface area contributed by atoms with E-state index in [0.29, 0.717) is 12.1 Å². The number of hydrogen-bond acceptors (Lipinski definition) is 3. The lowest BCUT2D eigenvalue weighted by Gasteiger charge is -2.27. The Hall–Kier alpha value is -0.970. The highest BCUT2D eigenvalue weighted by Crippen LogP contribution is 2.22. The van der Waals surface area contributed by atoms with E-state index in [1.54, 1.807) is 18.2 Å². The summed E-state index contributed by atoms with van der Waals surface area (Å²) < 4.78 is 13.6. The third kappa shape index (κ3) is 4.05. The first-order valence-electron chi connectivity index (χ1n) is 6.43. The molecule has 0 amide bonds. The lowest BCUT2D eigenvalue weighted by atomic mass is 9.94. The fraction of sp³-hybridized carbons (Fsp3) is 0.571. The third-order valence-corrected chi connectivity index (χ3v) is 3.29. The summed E-state index contributed by atoms with van der Waals surface area (Å²) in [5.74, 6) is -0.115. The van der Waals surface area contributed by atoms with Gasteiger partial charge in [0.25, 0.3) is 0 Å². The second-order valence-electron chi connectivity index (χ2n) is 4.64. The second kappa shape index (κ2) is 7.46. The van der Waals surface area contributed by atoms with Crippen molar-refractivity contribution in [2.24, 2.45) is 11.7 Å². The van der Waals surface area contributed by atoms with Gasteiger partial charge in [0.1, 0.15) is 5.82 Å². The zero-order valence-corrected chi connectivity index (χ0v) is 11.1. The number of aliphatic hydroxyl groups excluding tert-OH is 1. The number of nitrogens with two attached hydrogens (primary N) is 1. The summed E-state index contributed by atoms with van der Waals surface area (Å²) in [6, 6.07) is 6.32. The second-order valence-corrected chi connectivity index (χ2v) is 4.64. The van der Waals surface area contributed by atoms with Crippen molar-refractivity contribution in [3.63, 3.8) is 0 Å². The number of rotatable bonds is 7. The van der Waals surface area contributed by atoms with E-state index in [4.69, 9.17) is 10.8 Å². The molecule has 0 saturated heterocycles. The van der Waals surface area contributed by atoms with Crippen molar-refractivity contribution in [1.82, 2.24) is 4.90 Å². The number of likely N-dealkylation sites (N-methyl/N-ethyl adjacent to an activating group) is 1. The van der Waals surface area contributed by atoms with Crippen molar-refractivity contribution in [3.8, 4) is 0 Å². The van der Waals surface area contributed by atoms with Gasteiger partial charge in [0.15, 0.2) is 0 Å². The summed E-state index contributed by atoms with van der Waals surface area (Å²) in [6.45, 7) is 6.43. The van der Waals surface area contributed by atoms with Gasteiger partial charge < -0.3 is 15.7 Å². The molecule has 102 valence electrons. The fourth-order valence-electron chi connectivity index (χ4n) is 2.09. The van der Waals surface area contributed by atoms with Crippen LogP contribution in [-0.4, -0.2) is 36.2 Å². The van der Waals surface area contributed by atoms with E-state index in [-0.39, 0.29) is 24.4 Å². The van der Waals surface area contributed by atoms with Crippen LogP contribution in [-0.2, 0) is 0 Å². The number of benzene rings is 1. The smallest absolute Gasteiger partial charge is 0.127 e. The lowest BCUT2D eigenvalue weighted by Crippen LogP contribution is -2.35. The minimum atomic E-state index is -0.320. The van der Waals surface area contributed by atoms with Crippen molar-refractivity contribution >= 4 is 0 Å². The van der Waals surface area contributed by atoms with Crippen LogP contribution in [0.4, 0.5) is 4.39 Å². The van der Waals surface area contributed by atoms with Crippen LogP contribution in [0.3, 0.4) is 0 Å². The first-order chi connectivity index (χ1) is 8.60. The SMILES string of the molecule is CCN(CCO)CC(C)C(N)c1ccccc1F. The molecule has 0 fully saturated rings. The standard InChI is InChI=1S/C14H23FN2O/c1-3-17(8-9-18)10-11(2)14(16)12-6-4-5-7-13(12)15/h4-7,11,14,18H,3,8-10,16H2,1-2H3. The van der Waals surface area contributed by atoms with Crippen molar-refractivity contribution < 1.29 is 9.50 Å². The predicted octanol–water partition coefficient (Wildman–Crippen LogP) is 1.78. The molecule has 18 heavy (non-hydrogen) atoms. The molecule has 0 spiro atoms. The maximum absolute atomic E-state index is 13.6. The van der Waals surface area contributed by atoms with Gasteiger partial charge in [-0.3, -0.25) is 0 Å². The summed E-state index contributed by atoms with van der Waals surface area (Å²) >= 11 is 0. The molecule has 0 aliphatic carbocycles. The van der Waals surface area contributed by atoms with Gasteiger partial charge >= 0.3 is 0 Å². The Kier molecular flexibility index (Phi) is 6.25. The van der Waals surface area contributed by atoms with Crippen LogP contribution in [0.1, 0.15) is 25.5 Å². The lowest BCUT2D eigenvalue weighted by molar-refractivity contribution is 0.177. The van der Waals surface area contributed by atoms with Crippen LogP contribution >= 0.6 is 0 Å². The molecule has 0 heterocycles. The van der Waals surface area contributed by atoms with Crippen molar-refractivity contribution in [3.05, 3.63) is 35.6 Å². The van der Waals surface area contributed by atoms with Crippen LogP contribution in [0.5, 0.6) is 0 Å². The van der Waals surface area contributed by atoms with Crippen LogP contribution in [0, 0.1) is 11.7 Å². The first kappa shape index (κ1) is 15.1. The van der Waals surface area contributed by atoms with Gasteiger partial charge in [0.2, 0.25) is 0 Å². The zero-order chi connectivity index (χ0) is 13.5. The molecule has 2 unspecified atom stereocenters. The van der Waals surface area contributed by atoms with Crippen LogP contribution in [0.2, 0.25) is 0 Å². The zero-order valence-electron chi connectivity index (χ0n) is 11.1. The molecular weight excluding hydrogens is 231 g/mol. The number of hydrogen-bond donors (Lipinski definition) is 2. The Balaban J connectivity index is 2.66. The molecule has 0 radical (unpaired) electrons. The minimum absolute atomic E-state index is 0.133. The highest BCUT2D eigenvalue weighted by Gasteiger charge is 2.19. The molecule has 1 rings (SSSR count). The highest BCUT2D eigenvalue weighted by atomic mass is 19.1. The molecule has 1 aromatic rings. The molecule has 0 saturated carbocycles. The van der Waals surface area contributed by atoms with Crippen LogP contribution < -0.4 is 5.73 Å². The molecule has 2 atom stereocenters. The van der Waals surface area contributed by atoms with Gasteiger partial charge in [-0.25, -0.2) is 4.39 Å². The summed E-state index contributed by atoms with van der Waals surface area (Å²) in [5, 5.41) is 8.95. The van der Waals surface area contributed by atoms with E-state index < -0.39 is 0 Å². The summed E-state index contributed by atoms with van der Waals surface area (Å²) in [6.07, 6.45) is 0. The maximum Gasteiger partial charge on any atom is 0.127 e. The van der Waals surface area contributed by atoms with Gasteiger partial charge in [-0.2, -0.15) is 0 Å². The first-order valence-corrected chi connectivity index (χ1v) is 6.43. The number of halogens is 1. The third-order valence-electron chi connectivity index (χ3n) is 3.29. The Labute approximate surface area is 108 Å². The largest absolute Gasteiger partial charge is 0.395 e. The average molecular weight is 254 g/mol. The molecule has 0 bridgehead atoms. The molecule has 0 aromatic heterocycles. The van der Waals surface area contributed by atoms with Crippen LogP contribution in [0.15, 0.2) is 24.3 Å². The van der Waals surface area contributed by atoms with Gasteiger partial charge in [0.05, 0.1) is 6.61 Å². The van der Waals surface area contributed by atoms with Gasteiger partial charge in [0, 0.05) is 24.7 Å². The van der Waals surface area contributed by atoms with Gasteiger partial charge in [-0.15, -0.1) is 0 Å². The predicted molar refractivity (Wildman–Crippen MR) is 71.7 cm³/mol. The maximum atomic E-state index is 13.6. The monoisotopic (exact) mass is 254 g/mol. The van der Waals surface area contributed by atoms with E-state index in [1.807, 2.05) is 13.8 Å². The van der Waals surface area contributed by atoms with E-state index >= 15 is 0 Å². The summed E-state index contributed by atoms with van der Waals surface area (Å²) in [5.41, 5.74) is 6.67. The Morgan fingerprint density at radius 2 is 2.06 bits per heavy atom. The van der Waals surface area contributed by atoms with E-state index in [1.165, 1.54) is 6.07 Å². The molecule has 0 aliphatic heterocycles. The van der Waals surface area contributed by atoms with Crippen molar-refractivity contribution in [1.29, 1.82) is 0 Å². The quantitative estimate of drug-likeness (QED) is 0.779. The van der Waals surface area contributed by atoms with E-state index in [0.717, 1.165) is 13.1 Å². The molecule has 4 heteroatoms. The van der Waals surface area contributed by atoms with E-state index in [9.17, 15) is 4.39 Å². The highest BCUT2D eigenvalue weighted by molar-refractivity contribution is 5.21. The number of aliphatic hydroxyl groups is 1. The summed E-state index contributed by atoms with van der Waals surface area (Å²) in [7, 11) is 0. The van der Waals surface area contributed by atoms with Crippen LogP contribution in [0.25, 0.3) is 0 Å². The summed E-state index contributed by atoms with van der Waals surface area (Å²) in [4.78, 5) is 2.12. The molecule has 1 aromatic carbocycles. The van der Waals surface area contributed by atoms with Gasteiger partial charge in [-0.05, 0) is 18.5 Å². The molecule has 3 nitrogen and oxygen atoms in total. The number of nitrogens with zero attached hydrogens (tertiary/aromatic N) is 1. The Morgan fingerprint density at radius 1 is 1.39 bits per heavy atom. The average Bonchev–Trinajstić information content (AvgIpc) is 2.37. The molecular formula is C14H23FN2O. The van der Waals surface area contributed by atoms with Gasteiger partial charge in [-0.1, -0.05) is 32.0 Å². The molecule has 0 aliphatic rings. The minimum Gasteiger partial charge on any atom is -0.395 e. The molecule has 3 N–H and O–H groups in total. The fourth-order valence-corrected chi connectivity index (χ4v) is 2.09.